The molecule has 114 valence electrons. The molecule has 2 aromatic carbocycles. The fourth-order valence-electron chi connectivity index (χ4n) is 1.48. The third kappa shape index (κ3) is 4.39. The van der Waals surface area contributed by atoms with Crippen molar-refractivity contribution in [3.8, 4) is 5.75 Å². The van der Waals surface area contributed by atoms with Crippen molar-refractivity contribution >= 4 is 17.7 Å². The third-order valence-electron chi connectivity index (χ3n) is 2.60. The van der Waals surface area contributed by atoms with Crippen molar-refractivity contribution in [2.75, 3.05) is 0 Å². The molecule has 0 fully saturated rings. The van der Waals surface area contributed by atoms with E-state index < -0.39 is 17.7 Å². The molecule has 0 saturated carbocycles. The first-order valence-corrected chi connectivity index (χ1v) is 6.99. The minimum atomic E-state index is -4.79. The normalized spacial score (nSPS) is 11.0. The van der Waals surface area contributed by atoms with Gasteiger partial charge in [-0.25, -0.2) is 4.79 Å². The molecule has 2 rings (SSSR count). The molecule has 0 atom stereocenters. The van der Waals surface area contributed by atoms with E-state index in [9.17, 15) is 18.0 Å². The van der Waals surface area contributed by atoms with Crippen LogP contribution >= 0.6 is 11.8 Å². The van der Waals surface area contributed by atoms with Crippen LogP contribution in [0.2, 0.25) is 0 Å². The van der Waals surface area contributed by atoms with Crippen LogP contribution in [0.5, 0.6) is 5.75 Å². The molecule has 0 N–H and O–H groups in total. The number of esters is 1. The highest BCUT2D eigenvalue weighted by atomic mass is 32.2. The monoisotopic (exact) mass is 324 g/mol. The molecule has 0 bridgehead atoms. The van der Waals surface area contributed by atoms with Gasteiger partial charge in [-0.1, -0.05) is 36.5 Å². The van der Waals surface area contributed by atoms with Crippen molar-refractivity contribution in [2.24, 2.45) is 0 Å². The molecular weight excluding hydrogens is 313 g/mol. The maximum Gasteiger partial charge on any atom is 0.422 e. The predicted octanol–water partition coefficient (Wildman–Crippen LogP) is 4.86. The molecule has 0 saturated heterocycles. The zero-order valence-electron chi connectivity index (χ0n) is 11.3. The lowest BCUT2D eigenvalue weighted by Crippen LogP contribution is -2.23. The summed E-state index contributed by atoms with van der Waals surface area (Å²) in [4.78, 5) is 13.2. The van der Waals surface area contributed by atoms with Crippen LogP contribution in [0.15, 0.2) is 76.5 Å². The molecule has 0 aliphatic rings. The van der Waals surface area contributed by atoms with E-state index >= 15 is 0 Å². The fraction of sp³-hybridized carbons (Fsp3) is 0.0625. The Morgan fingerprint density at radius 3 is 2.05 bits per heavy atom. The van der Waals surface area contributed by atoms with Crippen molar-refractivity contribution in [3.63, 3.8) is 0 Å². The SMILES string of the molecule is C=C(C(=O)Oc1ccc(Sc2ccccc2)cc1)C(F)(F)F. The Kier molecular flexibility index (Phi) is 4.92. The van der Waals surface area contributed by atoms with Gasteiger partial charge >= 0.3 is 12.1 Å². The number of carbonyl (C=O) groups excluding carboxylic acids is 1. The Balaban J connectivity index is 2.00. The van der Waals surface area contributed by atoms with Crippen LogP contribution in [0, 0.1) is 0 Å². The van der Waals surface area contributed by atoms with E-state index in [1.165, 1.54) is 23.9 Å². The van der Waals surface area contributed by atoms with E-state index in [4.69, 9.17) is 0 Å². The first kappa shape index (κ1) is 16.2. The summed E-state index contributed by atoms with van der Waals surface area (Å²) in [5.41, 5.74) is -1.53. The standard InChI is InChI=1S/C16H11F3O2S/c1-11(16(17,18)19)15(20)21-12-7-9-14(10-8-12)22-13-5-3-2-4-6-13/h2-10H,1H2. The Morgan fingerprint density at radius 2 is 1.50 bits per heavy atom. The van der Waals surface area contributed by atoms with Crippen LogP contribution in [0.4, 0.5) is 13.2 Å². The van der Waals surface area contributed by atoms with Crippen LogP contribution < -0.4 is 4.74 Å². The molecule has 0 spiro atoms. The van der Waals surface area contributed by atoms with E-state index in [2.05, 4.69) is 11.3 Å². The number of halogens is 3. The third-order valence-corrected chi connectivity index (χ3v) is 3.62. The molecular formula is C16H11F3O2S. The van der Waals surface area contributed by atoms with Crippen molar-refractivity contribution < 1.29 is 22.7 Å². The summed E-state index contributed by atoms with van der Waals surface area (Å²) in [5.74, 6) is -1.47. The van der Waals surface area contributed by atoms with Gasteiger partial charge in [-0.2, -0.15) is 13.2 Å². The van der Waals surface area contributed by atoms with Gasteiger partial charge in [-0.3, -0.25) is 0 Å². The Hall–Kier alpha value is -2.21. The minimum absolute atomic E-state index is 0.0350. The van der Waals surface area contributed by atoms with E-state index in [0.717, 1.165) is 9.79 Å². The molecule has 0 heterocycles. The Bertz CT molecular complexity index is 664. The average molecular weight is 324 g/mol. The van der Waals surface area contributed by atoms with Gasteiger partial charge in [-0.05, 0) is 36.4 Å². The number of benzene rings is 2. The maximum absolute atomic E-state index is 12.3. The van der Waals surface area contributed by atoms with Crippen LogP contribution in [0.25, 0.3) is 0 Å². The minimum Gasteiger partial charge on any atom is -0.423 e. The number of alkyl halides is 3. The second-order valence-electron chi connectivity index (χ2n) is 4.25. The summed E-state index contributed by atoms with van der Waals surface area (Å²) < 4.78 is 41.6. The lowest BCUT2D eigenvalue weighted by atomic mass is 10.3. The highest BCUT2D eigenvalue weighted by Gasteiger charge is 2.38. The van der Waals surface area contributed by atoms with Gasteiger partial charge < -0.3 is 4.74 Å². The van der Waals surface area contributed by atoms with Crippen molar-refractivity contribution in [2.45, 2.75) is 16.0 Å². The smallest absolute Gasteiger partial charge is 0.422 e. The molecule has 6 heteroatoms. The first-order valence-electron chi connectivity index (χ1n) is 6.17. The average Bonchev–Trinajstić information content (AvgIpc) is 2.48. The lowest BCUT2D eigenvalue weighted by molar-refractivity contribution is -0.142. The summed E-state index contributed by atoms with van der Waals surface area (Å²) in [6.07, 6.45) is -4.79. The number of hydrogen-bond donors (Lipinski definition) is 0. The van der Waals surface area contributed by atoms with Crippen LogP contribution in [0.1, 0.15) is 0 Å². The lowest BCUT2D eigenvalue weighted by Gasteiger charge is -2.09. The topological polar surface area (TPSA) is 26.3 Å². The second kappa shape index (κ2) is 6.70. The highest BCUT2D eigenvalue weighted by Crippen LogP contribution is 2.29. The molecule has 0 unspecified atom stereocenters. The molecule has 2 nitrogen and oxygen atoms in total. The maximum atomic E-state index is 12.3. The summed E-state index contributed by atoms with van der Waals surface area (Å²) >= 11 is 1.49. The van der Waals surface area contributed by atoms with Gasteiger partial charge in [0.05, 0.1) is 0 Å². The quantitative estimate of drug-likeness (QED) is 0.456. The zero-order chi connectivity index (χ0) is 16.2. The molecule has 0 aliphatic heterocycles. The molecule has 22 heavy (non-hydrogen) atoms. The van der Waals surface area contributed by atoms with E-state index in [1.807, 2.05) is 30.3 Å². The van der Waals surface area contributed by atoms with E-state index in [0.29, 0.717) is 0 Å². The summed E-state index contributed by atoms with van der Waals surface area (Å²) in [6, 6.07) is 15.8. The van der Waals surface area contributed by atoms with Gasteiger partial charge in [0.1, 0.15) is 11.3 Å². The van der Waals surface area contributed by atoms with Crippen LogP contribution in [-0.4, -0.2) is 12.1 Å². The van der Waals surface area contributed by atoms with Crippen LogP contribution in [0.3, 0.4) is 0 Å². The summed E-state index contributed by atoms with van der Waals surface area (Å²) in [6.45, 7) is 2.69. The van der Waals surface area contributed by atoms with Gasteiger partial charge in [-0.15, -0.1) is 0 Å². The molecule has 2 aromatic rings. The Labute approximate surface area is 129 Å². The van der Waals surface area contributed by atoms with Gasteiger partial charge in [0, 0.05) is 9.79 Å². The van der Waals surface area contributed by atoms with Crippen molar-refractivity contribution in [1.82, 2.24) is 0 Å². The summed E-state index contributed by atoms with van der Waals surface area (Å²) in [7, 11) is 0. The van der Waals surface area contributed by atoms with Gasteiger partial charge in [0.15, 0.2) is 0 Å². The van der Waals surface area contributed by atoms with Crippen molar-refractivity contribution in [1.29, 1.82) is 0 Å². The van der Waals surface area contributed by atoms with Crippen LogP contribution in [-0.2, 0) is 4.79 Å². The number of ether oxygens (including phenoxy) is 1. The number of carbonyl (C=O) groups is 1. The molecule has 0 amide bonds. The van der Waals surface area contributed by atoms with E-state index in [-0.39, 0.29) is 5.75 Å². The Morgan fingerprint density at radius 1 is 0.955 bits per heavy atom. The van der Waals surface area contributed by atoms with Gasteiger partial charge in [0.2, 0.25) is 0 Å². The van der Waals surface area contributed by atoms with Crippen molar-refractivity contribution in [3.05, 3.63) is 66.7 Å². The molecule has 0 radical (unpaired) electrons. The fourth-order valence-corrected chi connectivity index (χ4v) is 2.32. The highest BCUT2D eigenvalue weighted by molar-refractivity contribution is 7.99. The predicted molar refractivity (Wildman–Crippen MR) is 77.8 cm³/mol. The largest absolute Gasteiger partial charge is 0.423 e. The second-order valence-corrected chi connectivity index (χ2v) is 5.40. The molecule has 0 aliphatic carbocycles. The number of hydrogen-bond acceptors (Lipinski definition) is 3. The zero-order valence-corrected chi connectivity index (χ0v) is 12.1. The first-order chi connectivity index (χ1) is 10.4. The van der Waals surface area contributed by atoms with E-state index in [1.54, 1.807) is 12.1 Å². The number of rotatable bonds is 4. The van der Waals surface area contributed by atoms with Gasteiger partial charge in [0.25, 0.3) is 0 Å². The molecule has 0 aromatic heterocycles. The summed E-state index contributed by atoms with van der Waals surface area (Å²) in [5, 5.41) is 0.